The molecular weight excluding hydrogens is 568 g/mol. The first-order valence-corrected chi connectivity index (χ1v) is 15.3. The molecule has 2 aromatic heterocycles. The number of nitrogens with one attached hydrogen (secondary N) is 3. The van der Waals surface area contributed by atoms with Crippen LogP contribution in [-0.2, 0) is 4.79 Å². The Kier molecular flexibility index (Phi) is 8.68. The van der Waals surface area contributed by atoms with Gasteiger partial charge < -0.3 is 26.0 Å². The molecule has 1 aliphatic carbocycles. The van der Waals surface area contributed by atoms with E-state index in [4.69, 9.17) is 26.1 Å². The number of carbonyl (C=O) groups is 2. The molecule has 1 amide bonds. The van der Waals surface area contributed by atoms with Crippen molar-refractivity contribution in [2.24, 2.45) is 5.73 Å². The first-order valence-electron chi connectivity index (χ1n) is 15.3. The molecule has 1 aliphatic rings. The molecule has 0 unspecified atom stereocenters. The van der Waals surface area contributed by atoms with Gasteiger partial charge in [-0.1, -0.05) is 49.6 Å². The van der Waals surface area contributed by atoms with Crippen molar-refractivity contribution in [2.75, 3.05) is 6.54 Å². The van der Waals surface area contributed by atoms with Gasteiger partial charge >= 0.3 is 5.97 Å². The summed E-state index contributed by atoms with van der Waals surface area (Å²) in [5.74, 6) is -0.967. The second kappa shape index (κ2) is 13.1. The van der Waals surface area contributed by atoms with Crippen LogP contribution in [-0.4, -0.2) is 55.0 Å². The Bertz CT molecular complexity index is 1860. The first kappa shape index (κ1) is 29.7. The Hall–Kier alpha value is -5.32. The third-order valence-electron chi connectivity index (χ3n) is 8.35. The van der Waals surface area contributed by atoms with Crippen molar-refractivity contribution < 1.29 is 14.7 Å². The number of guanidine groups is 1. The number of nitrogens with zero attached hydrogens (tertiary/aromatic N) is 4. The van der Waals surface area contributed by atoms with Crippen LogP contribution in [0.1, 0.15) is 61.3 Å². The number of aromatic nitrogens is 4. The molecule has 0 spiro atoms. The number of hydrogen-bond donors (Lipinski definition) is 5. The fourth-order valence-electron chi connectivity index (χ4n) is 6.08. The molecule has 5 aromatic rings. The standard InChI is InChI=1S/C34H36N8O3/c35-34(36)37-17-7-12-26(33(44)45)41-32(43)23-14-16-30-28(19-23)40-31(42(30)24-10-5-2-6-11-24)22-13-15-25-27(18-22)38-20-29(39-25)21-8-3-1-4-9-21/h1,3-4,8-9,13-16,18-20,24,26H,2,5-7,10-12,17H2,(H,41,43)(H,44,45)(H4,35,36,37)/t26-/m0/s1. The van der Waals surface area contributed by atoms with E-state index in [0.29, 0.717) is 24.0 Å². The highest BCUT2D eigenvalue weighted by Gasteiger charge is 2.25. The summed E-state index contributed by atoms with van der Waals surface area (Å²) in [6.07, 6.45) is 8.02. The normalized spacial score (nSPS) is 14.3. The Balaban J connectivity index is 1.32. The summed E-state index contributed by atoms with van der Waals surface area (Å²) < 4.78 is 2.30. The fraction of sp³-hybridized carbons (Fsp3) is 0.294. The van der Waals surface area contributed by atoms with Crippen LogP contribution in [0, 0.1) is 5.41 Å². The second-order valence-electron chi connectivity index (χ2n) is 11.5. The first-order chi connectivity index (χ1) is 21.9. The number of imidazole rings is 1. The van der Waals surface area contributed by atoms with Crippen molar-refractivity contribution in [1.82, 2.24) is 30.2 Å². The molecule has 3 aromatic carbocycles. The van der Waals surface area contributed by atoms with Crippen LogP contribution in [0.3, 0.4) is 0 Å². The molecule has 6 rings (SSSR count). The molecule has 11 heteroatoms. The Morgan fingerprint density at radius 3 is 2.51 bits per heavy atom. The van der Waals surface area contributed by atoms with Gasteiger partial charge in [-0.25, -0.2) is 14.8 Å². The van der Waals surface area contributed by atoms with E-state index in [1.807, 2.05) is 54.6 Å². The van der Waals surface area contributed by atoms with Crippen molar-refractivity contribution >= 4 is 39.9 Å². The van der Waals surface area contributed by atoms with Crippen LogP contribution in [0.4, 0.5) is 0 Å². The van der Waals surface area contributed by atoms with Crippen LogP contribution in [0.5, 0.6) is 0 Å². The summed E-state index contributed by atoms with van der Waals surface area (Å²) in [5.41, 5.74) is 11.5. The Labute approximate surface area is 260 Å². The van der Waals surface area contributed by atoms with Crippen molar-refractivity contribution in [3.05, 3.63) is 78.5 Å². The zero-order valence-corrected chi connectivity index (χ0v) is 24.9. The third kappa shape index (κ3) is 6.62. The van der Waals surface area contributed by atoms with E-state index in [9.17, 15) is 14.7 Å². The lowest BCUT2D eigenvalue weighted by atomic mass is 9.94. The van der Waals surface area contributed by atoms with Crippen LogP contribution < -0.4 is 16.4 Å². The van der Waals surface area contributed by atoms with Gasteiger partial charge in [0.2, 0.25) is 0 Å². The predicted octanol–water partition coefficient (Wildman–Crippen LogP) is 5.26. The highest BCUT2D eigenvalue weighted by molar-refractivity contribution is 5.99. The monoisotopic (exact) mass is 604 g/mol. The number of fused-ring (bicyclic) bond motifs is 2. The van der Waals surface area contributed by atoms with Crippen LogP contribution in [0.2, 0.25) is 0 Å². The number of carboxylic acid groups (broad SMARTS) is 1. The predicted molar refractivity (Wildman–Crippen MR) is 174 cm³/mol. The molecule has 6 N–H and O–H groups in total. The van der Waals surface area contributed by atoms with Crippen LogP contribution in [0.25, 0.3) is 44.7 Å². The van der Waals surface area contributed by atoms with Gasteiger partial charge in [0.15, 0.2) is 5.96 Å². The maximum atomic E-state index is 13.2. The van der Waals surface area contributed by atoms with Gasteiger partial charge in [0.05, 0.1) is 34.0 Å². The topological polar surface area (TPSA) is 172 Å². The number of rotatable bonds is 10. The number of aliphatic carboxylic acids is 1. The number of amides is 1. The molecule has 0 bridgehead atoms. The zero-order chi connectivity index (χ0) is 31.3. The van der Waals surface area contributed by atoms with Crippen molar-refractivity contribution in [3.8, 4) is 22.6 Å². The SMILES string of the molecule is N=C(N)NCCC[C@H](NC(=O)c1ccc2c(c1)nc(-c1ccc3nc(-c4ccccc4)cnc3c1)n2C1CCCCC1)C(=O)O. The van der Waals surface area contributed by atoms with Gasteiger partial charge in [0.25, 0.3) is 5.91 Å². The molecule has 11 nitrogen and oxygen atoms in total. The van der Waals surface area contributed by atoms with E-state index in [-0.39, 0.29) is 18.4 Å². The number of benzene rings is 3. The number of carbonyl (C=O) groups excluding carboxylic acids is 1. The second-order valence-corrected chi connectivity index (χ2v) is 11.5. The Morgan fingerprint density at radius 2 is 1.76 bits per heavy atom. The minimum Gasteiger partial charge on any atom is -0.480 e. The number of hydrogen-bond acceptors (Lipinski definition) is 6. The lowest BCUT2D eigenvalue weighted by Crippen LogP contribution is -2.41. The van der Waals surface area contributed by atoms with Crippen LogP contribution >= 0.6 is 0 Å². The smallest absolute Gasteiger partial charge is 0.326 e. The van der Waals surface area contributed by atoms with E-state index >= 15 is 0 Å². The van der Waals surface area contributed by atoms with E-state index in [0.717, 1.165) is 64.9 Å². The van der Waals surface area contributed by atoms with Crippen molar-refractivity contribution in [3.63, 3.8) is 0 Å². The molecule has 1 atom stereocenters. The summed E-state index contributed by atoms with van der Waals surface area (Å²) in [7, 11) is 0. The summed E-state index contributed by atoms with van der Waals surface area (Å²) in [6.45, 7) is 0.344. The largest absolute Gasteiger partial charge is 0.480 e. The van der Waals surface area contributed by atoms with E-state index in [1.54, 1.807) is 18.3 Å². The van der Waals surface area contributed by atoms with E-state index in [1.165, 1.54) is 6.42 Å². The molecule has 0 saturated heterocycles. The third-order valence-corrected chi connectivity index (χ3v) is 8.35. The summed E-state index contributed by atoms with van der Waals surface area (Å²) in [6, 6.07) is 20.6. The highest BCUT2D eigenvalue weighted by atomic mass is 16.4. The fourth-order valence-corrected chi connectivity index (χ4v) is 6.08. The van der Waals surface area contributed by atoms with E-state index < -0.39 is 17.9 Å². The van der Waals surface area contributed by atoms with Crippen molar-refractivity contribution in [1.29, 1.82) is 5.41 Å². The summed E-state index contributed by atoms with van der Waals surface area (Å²) in [4.78, 5) is 39.6. The molecule has 0 aliphatic heterocycles. The van der Waals surface area contributed by atoms with Crippen LogP contribution in [0.15, 0.2) is 72.9 Å². The molecule has 230 valence electrons. The quantitative estimate of drug-likeness (QED) is 0.0815. The van der Waals surface area contributed by atoms with Gasteiger partial charge in [0, 0.05) is 29.3 Å². The minimum absolute atomic E-state index is 0.180. The molecule has 1 saturated carbocycles. The Morgan fingerprint density at radius 1 is 0.956 bits per heavy atom. The number of carboxylic acids is 1. The van der Waals surface area contributed by atoms with Gasteiger partial charge in [-0.3, -0.25) is 15.2 Å². The average Bonchev–Trinajstić information content (AvgIpc) is 3.45. The average molecular weight is 605 g/mol. The maximum Gasteiger partial charge on any atom is 0.326 e. The van der Waals surface area contributed by atoms with E-state index in [2.05, 4.69) is 15.2 Å². The minimum atomic E-state index is -1.12. The molecule has 0 radical (unpaired) electrons. The van der Waals surface area contributed by atoms with Crippen molar-refractivity contribution in [2.45, 2.75) is 57.0 Å². The molecule has 1 fully saturated rings. The molecule has 45 heavy (non-hydrogen) atoms. The van der Waals surface area contributed by atoms with Gasteiger partial charge in [0.1, 0.15) is 11.9 Å². The highest BCUT2D eigenvalue weighted by Crippen LogP contribution is 2.37. The van der Waals surface area contributed by atoms with Gasteiger partial charge in [-0.05, 0) is 62.1 Å². The maximum absolute atomic E-state index is 13.2. The van der Waals surface area contributed by atoms with Gasteiger partial charge in [-0.15, -0.1) is 0 Å². The number of nitrogens with two attached hydrogens (primary N) is 1. The summed E-state index contributed by atoms with van der Waals surface area (Å²) >= 11 is 0. The molecular formula is C34H36N8O3. The van der Waals surface area contributed by atoms with Gasteiger partial charge in [-0.2, -0.15) is 0 Å². The lowest BCUT2D eigenvalue weighted by Gasteiger charge is -2.25. The lowest BCUT2D eigenvalue weighted by molar-refractivity contribution is -0.139. The molecule has 2 heterocycles. The zero-order valence-electron chi connectivity index (χ0n) is 24.9. The summed E-state index contributed by atoms with van der Waals surface area (Å²) in [5, 5.41) is 22.2.